The summed E-state index contributed by atoms with van der Waals surface area (Å²) in [6.07, 6.45) is 1.94. The van der Waals surface area contributed by atoms with E-state index in [0.29, 0.717) is 25.4 Å². The average molecular weight is 361 g/mol. The van der Waals surface area contributed by atoms with E-state index in [1.54, 1.807) is 0 Å². The van der Waals surface area contributed by atoms with Gasteiger partial charge in [-0.05, 0) is 24.8 Å². The lowest BCUT2D eigenvalue weighted by Gasteiger charge is -2.44. The fraction of sp³-hybridized carbons (Fsp3) is 0.579. The smallest absolute Gasteiger partial charge is 0.407 e. The highest BCUT2D eigenvalue weighted by atomic mass is 35.5. The zero-order valence-electron chi connectivity index (χ0n) is 13.9. The second-order valence-corrected chi connectivity index (χ2v) is 8.51. The first-order valence-electron chi connectivity index (χ1n) is 8.97. The Balaban J connectivity index is 1.24. The van der Waals surface area contributed by atoms with Crippen LogP contribution in [0.25, 0.3) is 0 Å². The average Bonchev–Trinajstić information content (AvgIpc) is 3.00. The zero-order valence-corrected chi connectivity index (χ0v) is 14.7. The summed E-state index contributed by atoms with van der Waals surface area (Å²) < 4.78 is 4.99. The molecule has 2 amide bonds. The predicted molar refractivity (Wildman–Crippen MR) is 92.4 cm³/mol. The highest BCUT2D eigenvalue weighted by Crippen LogP contribution is 2.62. The number of likely N-dealkylation sites (tertiary alicyclic amines) is 1. The van der Waals surface area contributed by atoms with Gasteiger partial charge in [0.15, 0.2) is 0 Å². The van der Waals surface area contributed by atoms with Gasteiger partial charge in [0.05, 0.1) is 5.54 Å². The molecular formula is C19H21ClN2O3. The largest absolute Gasteiger partial charge is 0.447 e. The summed E-state index contributed by atoms with van der Waals surface area (Å²) in [6.45, 7) is 1.90. The SMILES string of the molecule is O=C1N[C@]2(CO1)C[C@H](C(=O)N1CCC3(c4ccccc4)C(Cl)C3C1)C2. The van der Waals surface area contributed by atoms with Crippen molar-refractivity contribution in [3.63, 3.8) is 0 Å². The second-order valence-electron chi connectivity index (χ2n) is 8.04. The van der Waals surface area contributed by atoms with Crippen LogP contribution in [0.4, 0.5) is 4.79 Å². The van der Waals surface area contributed by atoms with Crippen LogP contribution in [0, 0.1) is 11.8 Å². The highest BCUT2D eigenvalue weighted by Gasteiger charge is 2.67. The van der Waals surface area contributed by atoms with Gasteiger partial charge in [0.1, 0.15) is 6.61 Å². The normalized spacial score (nSPS) is 41.6. The van der Waals surface area contributed by atoms with Crippen molar-refractivity contribution in [2.24, 2.45) is 11.8 Å². The van der Waals surface area contributed by atoms with Crippen molar-refractivity contribution >= 4 is 23.6 Å². The number of nitrogens with one attached hydrogen (secondary N) is 1. The molecule has 4 fully saturated rings. The first-order chi connectivity index (χ1) is 12.0. The minimum atomic E-state index is -0.362. The van der Waals surface area contributed by atoms with E-state index in [2.05, 4.69) is 29.6 Å². The van der Waals surface area contributed by atoms with Crippen LogP contribution in [0.1, 0.15) is 24.8 Å². The van der Waals surface area contributed by atoms with Crippen LogP contribution in [0.3, 0.4) is 0 Å². The Hall–Kier alpha value is -1.75. The maximum Gasteiger partial charge on any atom is 0.407 e. The van der Waals surface area contributed by atoms with E-state index in [4.69, 9.17) is 16.3 Å². The second kappa shape index (κ2) is 5.13. The number of ether oxygens (including phenoxy) is 1. The summed E-state index contributed by atoms with van der Waals surface area (Å²) in [7, 11) is 0. The molecule has 5 rings (SSSR count). The number of fused-ring (bicyclic) bond motifs is 1. The maximum atomic E-state index is 12.8. The van der Waals surface area contributed by atoms with Gasteiger partial charge < -0.3 is 15.0 Å². The third kappa shape index (κ3) is 2.14. The van der Waals surface area contributed by atoms with Gasteiger partial charge in [-0.2, -0.15) is 0 Å². The predicted octanol–water partition coefficient (Wildman–Crippen LogP) is 2.28. The Morgan fingerprint density at radius 3 is 2.68 bits per heavy atom. The molecule has 1 spiro atoms. The van der Waals surface area contributed by atoms with Crippen LogP contribution in [0.5, 0.6) is 0 Å². The summed E-state index contributed by atoms with van der Waals surface area (Å²) in [4.78, 5) is 26.1. The third-order valence-corrected chi connectivity index (χ3v) is 7.40. The molecule has 2 aliphatic heterocycles. The van der Waals surface area contributed by atoms with Gasteiger partial charge in [0.2, 0.25) is 5.91 Å². The Morgan fingerprint density at radius 1 is 1.28 bits per heavy atom. The van der Waals surface area contributed by atoms with Crippen LogP contribution < -0.4 is 5.32 Å². The van der Waals surface area contributed by atoms with Crippen molar-refractivity contribution in [1.82, 2.24) is 10.2 Å². The summed E-state index contributed by atoms with van der Waals surface area (Å²) >= 11 is 6.66. The summed E-state index contributed by atoms with van der Waals surface area (Å²) in [5.74, 6) is 0.556. The molecule has 0 radical (unpaired) electrons. The van der Waals surface area contributed by atoms with Crippen molar-refractivity contribution in [2.45, 2.75) is 35.6 Å². The number of carbonyl (C=O) groups excluding carboxylic acids is 2. The molecule has 3 unspecified atom stereocenters. The van der Waals surface area contributed by atoms with Gasteiger partial charge in [-0.15, -0.1) is 11.6 Å². The molecule has 3 atom stereocenters. The summed E-state index contributed by atoms with van der Waals surface area (Å²) in [5, 5.41) is 2.97. The standard InChI is InChI=1S/C19H21ClN2O3/c20-15-14-10-22(7-6-19(14,15)13-4-2-1-3-5-13)16(23)12-8-18(9-12)11-25-17(24)21-18/h1-5,12,14-15H,6-11H2,(H,21,24)/t12-,14?,15?,18+,19?. The van der Waals surface area contributed by atoms with E-state index < -0.39 is 0 Å². The van der Waals surface area contributed by atoms with Gasteiger partial charge in [-0.1, -0.05) is 30.3 Å². The van der Waals surface area contributed by atoms with Crippen molar-refractivity contribution < 1.29 is 14.3 Å². The van der Waals surface area contributed by atoms with E-state index in [9.17, 15) is 9.59 Å². The van der Waals surface area contributed by atoms with Gasteiger partial charge >= 0.3 is 6.09 Å². The molecule has 5 nitrogen and oxygen atoms in total. The van der Waals surface area contributed by atoms with Crippen LogP contribution in [0.15, 0.2) is 30.3 Å². The monoisotopic (exact) mass is 360 g/mol. The molecule has 2 saturated heterocycles. The molecule has 0 aromatic heterocycles. The number of cyclic esters (lactones) is 1. The van der Waals surface area contributed by atoms with Gasteiger partial charge in [0, 0.05) is 35.7 Å². The Bertz CT molecular complexity index is 733. The highest BCUT2D eigenvalue weighted by molar-refractivity contribution is 6.24. The molecule has 4 aliphatic rings. The molecule has 6 heteroatoms. The quantitative estimate of drug-likeness (QED) is 0.823. The van der Waals surface area contributed by atoms with Crippen molar-refractivity contribution in [1.29, 1.82) is 0 Å². The number of hydrogen-bond donors (Lipinski definition) is 1. The fourth-order valence-electron chi connectivity index (χ4n) is 5.19. The van der Waals surface area contributed by atoms with Crippen molar-refractivity contribution in [3.8, 4) is 0 Å². The lowest BCUT2D eigenvalue weighted by molar-refractivity contribution is -0.142. The van der Waals surface area contributed by atoms with Crippen LogP contribution in [-0.2, 0) is 14.9 Å². The minimum absolute atomic E-state index is 0.00116. The Morgan fingerprint density at radius 2 is 2.04 bits per heavy atom. The lowest BCUT2D eigenvalue weighted by Crippen LogP contribution is -2.58. The molecule has 25 heavy (non-hydrogen) atoms. The molecule has 1 aromatic rings. The number of alkyl carbamates (subject to hydrolysis) is 1. The lowest BCUT2D eigenvalue weighted by atomic mass is 9.68. The number of amides is 2. The molecule has 2 aliphatic carbocycles. The van der Waals surface area contributed by atoms with E-state index in [-0.39, 0.29) is 34.2 Å². The number of carbonyl (C=O) groups is 2. The van der Waals surface area contributed by atoms with E-state index in [0.717, 1.165) is 19.5 Å². The molecule has 1 N–H and O–H groups in total. The molecule has 2 heterocycles. The number of rotatable bonds is 2. The third-order valence-electron chi connectivity index (χ3n) is 6.70. The molecule has 2 saturated carbocycles. The number of piperidine rings is 1. The topological polar surface area (TPSA) is 58.6 Å². The van der Waals surface area contributed by atoms with Gasteiger partial charge in [-0.3, -0.25) is 4.79 Å². The molecule has 1 aromatic carbocycles. The fourth-order valence-corrected chi connectivity index (χ4v) is 5.82. The summed E-state index contributed by atoms with van der Waals surface area (Å²) in [6, 6.07) is 10.5. The first kappa shape index (κ1) is 15.5. The first-order valence-corrected chi connectivity index (χ1v) is 9.41. The molecule has 132 valence electrons. The van der Waals surface area contributed by atoms with Crippen LogP contribution in [0.2, 0.25) is 0 Å². The van der Waals surface area contributed by atoms with E-state index in [1.807, 2.05) is 11.0 Å². The van der Waals surface area contributed by atoms with E-state index in [1.165, 1.54) is 5.56 Å². The maximum absolute atomic E-state index is 12.8. The number of nitrogens with zero attached hydrogens (tertiary/aromatic N) is 1. The molecule has 0 bridgehead atoms. The number of alkyl halides is 1. The van der Waals surface area contributed by atoms with Gasteiger partial charge in [0.25, 0.3) is 0 Å². The van der Waals surface area contributed by atoms with Crippen LogP contribution in [-0.4, -0.2) is 47.5 Å². The minimum Gasteiger partial charge on any atom is -0.447 e. The van der Waals surface area contributed by atoms with Crippen LogP contribution >= 0.6 is 11.6 Å². The van der Waals surface area contributed by atoms with Gasteiger partial charge in [-0.25, -0.2) is 4.79 Å². The number of hydrogen-bond acceptors (Lipinski definition) is 3. The number of halogens is 1. The van der Waals surface area contributed by atoms with E-state index >= 15 is 0 Å². The Kier molecular flexibility index (Phi) is 3.18. The van der Waals surface area contributed by atoms with Crippen molar-refractivity contribution in [2.75, 3.05) is 19.7 Å². The summed E-state index contributed by atoms with van der Waals surface area (Å²) in [5.41, 5.74) is 1.06. The number of benzene rings is 1. The van der Waals surface area contributed by atoms with Crippen molar-refractivity contribution in [3.05, 3.63) is 35.9 Å². The zero-order chi connectivity index (χ0) is 17.2. The Labute approximate surface area is 151 Å². The molecular weight excluding hydrogens is 340 g/mol.